The highest BCUT2D eigenvalue weighted by atomic mass is 31.2. The molecule has 0 aromatic carbocycles. The Morgan fingerprint density at radius 1 is 0.756 bits per heavy atom. The molecule has 0 rings (SSSR count). The van der Waals surface area contributed by atoms with Crippen LogP contribution in [0.5, 0.6) is 0 Å². The number of carbonyl (C=O) groups excluding carboxylic acids is 1. The molecule has 9 heteroatoms. The van der Waals surface area contributed by atoms with Crippen molar-refractivity contribution < 1.29 is 28.4 Å². The summed E-state index contributed by atoms with van der Waals surface area (Å²) in [4.78, 5) is 22.4. The summed E-state index contributed by atoms with van der Waals surface area (Å²) in [7, 11) is -4.34. The zero-order valence-electron chi connectivity index (χ0n) is 27.8. The van der Waals surface area contributed by atoms with Gasteiger partial charge in [-0.1, -0.05) is 112 Å². The van der Waals surface area contributed by atoms with Gasteiger partial charge in [-0.15, -0.1) is 0 Å². The molecule has 0 fully saturated rings. The summed E-state index contributed by atoms with van der Waals surface area (Å²) in [6.45, 7) is 3.81. The van der Waals surface area contributed by atoms with Crippen molar-refractivity contribution in [3.63, 3.8) is 0 Å². The molecular formula is C36H61N2O6P. The first-order chi connectivity index (χ1) is 21.9. The van der Waals surface area contributed by atoms with Gasteiger partial charge in [-0.2, -0.15) is 0 Å². The van der Waals surface area contributed by atoms with E-state index in [1.807, 2.05) is 6.08 Å². The number of nitrogens with one attached hydrogen (secondary N) is 1. The second kappa shape index (κ2) is 31.7. The minimum atomic E-state index is -4.34. The minimum absolute atomic E-state index is 0.0627. The van der Waals surface area contributed by atoms with E-state index >= 15 is 0 Å². The van der Waals surface area contributed by atoms with Gasteiger partial charge in [0.25, 0.3) is 0 Å². The summed E-state index contributed by atoms with van der Waals surface area (Å²) in [6.07, 6.45) is 40.8. The van der Waals surface area contributed by atoms with Crippen LogP contribution in [0, 0.1) is 0 Å². The van der Waals surface area contributed by atoms with Crippen LogP contribution in [0.2, 0.25) is 0 Å². The van der Waals surface area contributed by atoms with Crippen molar-refractivity contribution in [2.75, 3.05) is 19.8 Å². The maximum atomic E-state index is 12.6. The molecule has 0 spiro atoms. The van der Waals surface area contributed by atoms with E-state index < -0.39 is 20.0 Å². The number of carbonyl (C=O) groups is 1. The van der Waals surface area contributed by atoms with Crippen LogP contribution >= 0.6 is 7.82 Å². The van der Waals surface area contributed by atoms with Gasteiger partial charge in [-0.25, -0.2) is 4.57 Å². The normalized spacial score (nSPS) is 15.6. The summed E-state index contributed by atoms with van der Waals surface area (Å²) in [5.41, 5.74) is 5.32. The molecule has 0 aliphatic carbocycles. The predicted molar refractivity (Wildman–Crippen MR) is 189 cm³/mol. The molecule has 0 aliphatic heterocycles. The molecule has 0 aliphatic rings. The fourth-order valence-electron chi connectivity index (χ4n) is 3.94. The van der Waals surface area contributed by atoms with E-state index in [-0.39, 0.29) is 25.7 Å². The number of aliphatic hydroxyl groups is 1. The zero-order chi connectivity index (χ0) is 33.3. The lowest BCUT2D eigenvalue weighted by molar-refractivity contribution is -0.123. The van der Waals surface area contributed by atoms with E-state index in [1.165, 1.54) is 0 Å². The Kier molecular flexibility index (Phi) is 30.0. The summed E-state index contributed by atoms with van der Waals surface area (Å²) in [6, 6.07) is -0.896. The van der Waals surface area contributed by atoms with E-state index in [9.17, 15) is 19.4 Å². The van der Waals surface area contributed by atoms with Crippen molar-refractivity contribution in [1.29, 1.82) is 0 Å². The maximum absolute atomic E-state index is 12.6. The molecule has 8 nitrogen and oxygen atoms in total. The molecule has 1 amide bonds. The molecular weight excluding hydrogens is 587 g/mol. The van der Waals surface area contributed by atoms with Crippen LogP contribution in [0.15, 0.2) is 85.1 Å². The van der Waals surface area contributed by atoms with E-state index in [4.69, 9.17) is 14.8 Å². The fraction of sp³-hybridized carbons (Fsp3) is 0.583. The number of hydrogen-bond donors (Lipinski definition) is 4. The SMILES string of the molecule is CC/C=C\C/C=C\C/C=C\C/C=C\C/C=C\CCCCCC(=O)NC(COP(=O)(O)OCCN)C(O)/C=C/CC/C=C/CCC. The van der Waals surface area contributed by atoms with Crippen molar-refractivity contribution in [2.24, 2.45) is 5.73 Å². The van der Waals surface area contributed by atoms with Gasteiger partial charge >= 0.3 is 7.82 Å². The topological polar surface area (TPSA) is 131 Å². The standard InChI is InChI=1S/C36H61N2O6P/c1-3-5-7-9-11-12-13-14-15-16-17-18-19-20-21-22-24-26-28-30-36(40)38-34(33-44-45(41,42)43-32-31-37)35(39)29-27-25-23-10-8-6-4-2/h5,7-8,10-12,14-15,17-18,20-21,27,29,34-35,39H,3-4,6,9,13,16,19,22-26,28,30-33,37H2,1-2H3,(H,38,40)(H,41,42)/b7-5-,10-8+,12-11-,15-14-,18-17-,21-20-,29-27+. The van der Waals surface area contributed by atoms with Crippen molar-refractivity contribution in [1.82, 2.24) is 5.32 Å². The number of amides is 1. The van der Waals surface area contributed by atoms with Gasteiger partial charge in [-0.3, -0.25) is 13.8 Å². The predicted octanol–water partition coefficient (Wildman–Crippen LogP) is 8.32. The Labute approximate surface area is 273 Å². The molecule has 0 aromatic rings. The smallest absolute Gasteiger partial charge is 0.387 e. The van der Waals surface area contributed by atoms with Crippen molar-refractivity contribution in [3.8, 4) is 0 Å². The summed E-state index contributed by atoms with van der Waals surface area (Å²) < 4.78 is 21.8. The first-order valence-electron chi connectivity index (χ1n) is 16.7. The highest BCUT2D eigenvalue weighted by Gasteiger charge is 2.26. The second-order valence-electron chi connectivity index (χ2n) is 10.6. The molecule has 0 radical (unpaired) electrons. The summed E-state index contributed by atoms with van der Waals surface area (Å²) in [5, 5.41) is 13.4. The molecule has 0 bridgehead atoms. The summed E-state index contributed by atoms with van der Waals surface area (Å²) >= 11 is 0. The first kappa shape index (κ1) is 42.7. The zero-order valence-corrected chi connectivity index (χ0v) is 28.7. The van der Waals surface area contributed by atoms with Gasteiger partial charge in [0.05, 0.1) is 25.4 Å². The third-order valence-corrected chi connectivity index (χ3v) is 7.42. The highest BCUT2D eigenvalue weighted by molar-refractivity contribution is 7.47. The van der Waals surface area contributed by atoms with E-state index in [1.54, 1.807) is 6.08 Å². The number of phosphoric ester groups is 1. The minimum Gasteiger partial charge on any atom is -0.387 e. The number of allylic oxidation sites excluding steroid dienone is 13. The van der Waals surface area contributed by atoms with Gasteiger partial charge in [0, 0.05) is 13.0 Å². The first-order valence-corrected chi connectivity index (χ1v) is 18.2. The van der Waals surface area contributed by atoms with Crippen LogP contribution in [-0.4, -0.2) is 47.8 Å². The lowest BCUT2D eigenvalue weighted by atomic mass is 10.1. The quantitative estimate of drug-likeness (QED) is 0.0364. The second-order valence-corrected chi connectivity index (χ2v) is 12.1. The third kappa shape index (κ3) is 30.1. The lowest BCUT2D eigenvalue weighted by Crippen LogP contribution is -2.45. The molecule has 3 unspecified atom stereocenters. The number of hydrogen-bond acceptors (Lipinski definition) is 6. The number of rotatable bonds is 29. The number of phosphoric acid groups is 1. The van der Waals surface area contributed by atoms with Crippen molar-refractivity contribution in [2.45, 2.75) is 116 Å². The molecule has 0 heterocycles. The maximum Gasteiger partial charge on any atom is 0.472 e. The molecule has 0 aromatic heterocycles. The van der Waals surface area contributed by atoms with Gasteiger partial charge in [0.15, 0.2) is 0 Å². The molecule has 5 N–H and O–H groups in total. The van der Waals surface area contributed by atoms with E-state index in [2.05, 4.69) is 92.1 Å². The van der Waals surface area contributed by atoms with E-state index in [0.717, 1.165) is 77.0 Å². The largest absolute Gasteiger partial charge is 0.472 e. The van der Waals surface area contributed by atoms with Crippen LogP contribution in [0.25, 0.3) is 0 Å². The Hall–Kier alpha value is -2.32. The summed E-state index contributed by atoms with van der Waals surface area (Å²) in [5.74, 6) is -0.246. The van der Waals surface area contributed by atoms with Crippen LogP contribution in [0.4, 0.5) is 0 Å². The number of nitrogens with two attached hydrogens (primary N) is 1. The molecule has 3 atom stereocenters. The van der Waals surface area contributed by atoms with Crippen LogP contribution < -0.4 is 11.1 Å². The van der Waals surface area contributed by atoms with E-state index in [0.29, 0.717) is 12.8 Å². The van der Waals surface area contributed by atoms with Gasteiger partial charge in [0.1, 0.15) is 0 Å². The Morgan fingerprint density at radius 2 is 1.31 bits per heavy atom. The van der Waals surface area contributed by atoms with Gasteiger partial charge in [0.2, 0.25) is 5.91 Å². The fourth-order valence-corrected chi connectivity index (χ4v) is 4.70. The van der Waals surface area contributed by atoms with Gasteiger partial charge < -0.3 is 21.1 Å². The molecule has 256 valence electrons. The van der Waals surface area contributed by atoms with Crippen LogP contribution in [0.3, 0.4) is 0 Å². The lowest BCUT2D eigenvalue weighted by Gasteiger charge is -2.23. The Balaban J connectivity index is 4.37. The molecule has 0 saturated heterocycles. The average Bonchev–Trinajstić information content (AvgIpc) is 3.02. The number of unbranched alkanes of at least 4 members (excludes halogenated alkanes) is 5. The van der Waals surface area contributed by atoms with Crippen LogP contribution in [0.1, 0.15) is 104 Å². The molecule has 45 heavy (non-hydrogen) atoms. The average molecular weight is 649 g/mol. The van der Waals surface area contributed by atoms with Gasteiger partial charge in [-0.05, 0) is 70.6 Å². The Morgan fingerprint density at radius 3 is 1.91 bits per heavy atom. The van der Waals surface area contributed by atoms with Crippen molar-refractivity contribution in [3.05, 3.63) is 85.1 Å². The third-order valence-electron chi connectivity index (χ3n) is 6.44. The number of aliphatic hydroxyl groups excluding tert-OH is 1. The van der Waals surface area contributed by atoms with Crippen molar-refractivity contribution >= 4 is 13.7 Å². The molecule has 0 saturated carbocycles. The Bertz CT molecular complexity index is 971. The highest BCUT2D eigenvalue weighted by Crippen LogP contribution is 2.43. The monoisotopic (exact) mass is 648 g/mol. The van der Waals surface area contributed by atoms with Crippen LogP contribution in [-0.2, 0) is 18.4 Å².